The third-order valence-corrected chi connectivity index (χ3v) is 14.9. The van der Waals surface area contributed by atoms with Crippen molar-refractivity contribution in [2.45, 2.75) is 133 Å². The van der Waals surface area contributed by atoms with Crippen molar-refractivity contribution in [3.8, 4) is 0 Å². The number of epoxide rings is 1. The van der Waals surface area contributed by atoms with Gasteiger partial charge in [0.05, 0.1) is 24.9 Å². The average molecular weight is 782 g/mol. The van der Waals surface area contributed by atoms with E-state index in [1.165, 1.54) is 5.57 Å². The van der Waals surface area contributed by atoms with E-state index in [1.54, 1.807) is 5.06 Å². The van der Waals surface area contributed by atoms with Gasteiger partial charge in [-0.25, -0.2) is 0 Å². The monoisotopic (exact) mass is 781 g/mol. The molecule has 1 spiro atoms. The van der Waals surface area contributed by atoms with Gasteiger partial charge in [0, 0.05) is 38.8 Å². The van der Waals surface area contributed by atoms with Crippen LogP contribution in [0, 0.1) is 22.7 Å². The Morgan fingerprint density at radius 1 is 0.930 bits per heavy atom. The van der Waals surface area contributed by atoms with Crippen molar-refractivity contribution in [2.24, 2.45) is 22.7 Å². The van der Waals surface area contributed by atoms with Crippen LogP contribution < -0.4 is 10.6 Å². The van der Waals surface area contributed by atoms with Crippen LogP contribution in [0.4, 0.5) is 0 Å². The van der Waals surface area contributed by atoms with Crippen molar-refractivity contribution in [3.63, 3.8) is 0 Å². The molecule has 4 heterocycles. The Bertz CT molecular complexity index is 1980. The summed E-state index contributed by atoms with van der Waals surface area (Å²) in [6, 6.07) is 15.4. The number of hydroxylamine groups is 2. The number of fused-ring (bicyclic) bond motifs is 7. The number of hydrogen-bond acceptors (Lipinski definition) is 10. The molecule has 4 aliphatic heterocycles. The molecule has 2 aromatic rings. The number of ether oxygens (including phenoxy) is 4. The largest absolute Gasteiger partial charge is 0.458 e. The molecule has 0 radical (unpaired) electrons. The topological polar surface area (TPSA) is 148 Å². The molecule has 3 N–H and O–H groups in total. The first-order chi connectivity index (χ1) is 27.4. The SMILES string of the molecule is CC1(C)CC2C(=Cc3ccccc3CN3OC4C5OC6(Cc7ccccc7C6)OC5C5CC4(C(=O)NCCC(=O)NCCO)C3C(=O)O5)CCC3OC3(C)CCC21. The summed E-state index contributed by atoms with van der Waals surface area (Å²) < 4.78 is 26.2. The van der Waals surface area contributed by atoms with Crippen LogP contribution in [0.5, 0.6) is 0 Å². The van der Waals surface area contributed by atoms with Crippen molar-refractivity contribution in [3.05, 3.63) is 76.4 Å². The molecule has 304 valence electrons. The van der Waals surface area contributed by atoms with E-state index < -0.39 is 47.6 Å². The third kappa shape index (κ3) is 6.20. The summed E-state index contributed by atoms with van der Waals surface area (Å²) in [5, 5.41) is 16.4. The number of esters is 1. The number of carbonyl (C=O) groups excluding carboxylic acids is 3. The van der Waals surface area contributed by atoms with E-state index in [-0.39, 0.29) is 61.9 Å². The number of nitrogens with one attached hydrogen (secondary N) is 2. The highest BCUT2D eigenvalue weighted by atomic mass is 16.8. The predicted octanol–water partition coefficient (Wildman–Crippen LogP) is 4.16. The van der Waals surface area contributed by atoms with Crippen molar-refractivity contribution in [1.29, 1.82) is 0 Å². The molecule has 4 aliphatic carbocycles. The number of hydrogen-bond donors (Lipinski definition) is 3. The van der Waals surface area contributed by atoms with E-state index in [1.807, 2.05) is 18.2 Å². The zero-order chi connectivity index (χ0) is 39.3. The number of aliphatic hydroxyl groups is 1. The van der Waals surface area contributed by atoms with Gasteiger partial charge < -0.3 is 34.7 Å². The molecule has 2 amide bonds. The molecule has 10 atom stereocenters. The van der Waals surface area contributed by atoms with Crippen molar-refractivity contribution in [2.75, 3.05) is 19.7 Å². The van der Waals surface area contributed by atoms with Crippen molar-refractivity contribution >= 4 is 23.9 Å². The molecule has 57 heavy (non-hydrogen) atoms. The zero-order valence-electron chi connectivity index (χ0n) is 33.2. The zero-order valence-corrected chi connectivity index (χ0v) is 33.2. The van der Waals surface area contributed by atoms with Crippen LogP contribution in [0.1, 0.15) is 88.0 Å². The summed E-state index contributed by atoms with van der Waals surface area (Å²) in [7, 11) is 0. The number of amides is 2. The summed E-state index contributed by atoms with van der Waals surface area (Å²) in [5.41, 5.74) is 4.76. The van der Waals surface area contributed by atoms with Gasteiger partial charge >= 0.3 is 5.97 Å². The minimum Gasteiger partial charge on any atom is -0.458 e. The Morgan fingerprint density at radius 3 is 2.46 bits per heavy atom. The Labute approximate surface area is 333 Å². The molecule has 10 rings (SSSR count). The third-order valence-electron chi connectivity index (χ3n) is 14.9. The maximum atomic E-state index is 14.7. The first-order valence-corrected chi connectivity index (χ1v) is 21.1. The van der Waals surface area contributed by atoms with Gasteiger partial charge in [0.25, 0.3) is 0 Å². The van der Waals surface area contributed by atoms with Crippen LogP contribution in [0.2, 0.25) is 0 Å². The Kier molecular flexibility index (Phi) is 9.04. The molecule has 12 heteroatoms. The summed E-state index contributed by atoms with van der Waals surface area (Å²) >= 11 is 0. The van der Waals surface area contributed by atoms with Crippen LogP contribution in [0.25, 0.3) is 6.08 Å². The highest BCUT2D eigenvalue weighted by molar-refractivity contribution is 5.94. The molecule has 10 unspecified atom stereocenters. The van der Waals surface area contributed by atoms with Gasteiger partial charge in [-0.3, -0.25) is 19.2 Å². The second kappa shape index (κ2) is 13.7. The number of rotatable bonds is 9. The van der Waals surface area contributed by atoms with Crippen molar-refractivity contribution in [1.82, 2.24) is 15.7 Å². The van der Waals surface area contributed by atoms with Gasteiger partial charge in [0.15, 0.2) is 11.8 Å². The molecule has 2 bridgehead atoms. The standard InChI is InChI=1S/C45H55N3O9/c1-42(2)23-31-27(12-13-34-43(3,54-34)16-14-32(31)42)20-26-8-4-7-11-30(26)25-48-38-40(51)53-33-24-45(38,41(52)47-17-15-35(50)46-18-19-49)39(57-48)37-36(33)55-44(56-37)21-28-9-5-6-10-29(28)22-44/h4-11,20,31-34,36-39,49H,12-19,21-25H2,1-3H3,(H,46,50)(H,47,52). The van der Waals surface area contributed by atoms with Gasteiger partial charge in [-0.15, -0.1) is 0 Å². The molecule has 8 aliphatic rings. The molecule has 4 saturated heterocycles. The molecule has 3 saturated carbocycles. The number of benzene rings is 2. The Balaban J connectivity index is 0.963. The van der Waals surface area contributed by atoms with Crippen molar-refractivity contribution < 1.29 is 43.3 Å². The normalized spacial score (nSPS) is 38.4. The van der Waals surface area contributed by atoms with E-state index in [4.69, 9.17) is 28.9 Å². The summed E-state index contributed by atoms with van der Waals surface area (Å²) in [4.78, 5) is 48.3. The number of carbonyl (C=O) groups is 3. The maximum absolute atomic E-state index is 14.7. The van der Waals surface area contributed by atoms with E-state index >= 15 is 0 Å². The predicted molar refractivity (Wildman–Crippen MR) is 207 cm³/mol. The number of nitrogens with zero attached hydrogens (tertiary/aromatic N) is 1. The molecular weight excluding hydrogens is 727 g/mol. The summed E-state index contributed by atoms with van der Waals surface area (Å²) in [6.07, 6.45) is 6.59. The molecule has 2 aromatic carbocycles. The first-order valence-electron chi connectivity index (χ1n) is 21.1. The van der Waals surface area contributed by atoms with Gasteiger partial charge in [-0.05, 0) is 78.5 Å². The first kappa shape index (κ1) is 37.6. The van der Waals surface area contributed by atoms with E-state index in [0.29, 0.717) is 30.8 Å². The van der Waals surface area contributed by atoms with E-state index in [9.17, 15) is 14.4 Å². The Morgan fingerprint density at radius 2 is 1.68 bits per heavy atom. The fraction of sp³-hybridized carbons (Fsp3) is 0.622. The smallest absolute Gasteiger partial charge is 0.327 e. The lowest BCUT2D eigenvalue weighted by molar-refractivity contribution is -0.217. The molecule has 0 aromatic heterocycles. The van der Waals surface area contributed by atoms with Crippen LogP contribution in [-0.4, -0.2) is 95.6 Å². The molecule has 7 fully saturated rings. The lowest BCUT2D eigenvalue weighted by Crippen LogP contribution is -2.69. The number of allylic oxidation sites excluding steroid dienone is 1. The van der Waals surface area contributed by atoms with Crippen LogP contribution in [-0.2, 0) is 57.6 Å². The minimum atomic E-state index is -1.35. The summed E-state index contributed by atoms with van der Waals surface area (Å²) in [6.45, 7) is 7.34. The van der Waals surface area contributed by atoms with Gasteiger partial charge in [0.2, 0.25) is 11.8 Å². The molecule has 12 nitrogen and oxygen atoms in total. The minimum absolute atomic E-state index is 0.00408. The summed E-state index contributed by atoms with van der Waals surface area (Å²) in [5.74, 6) is -1.02. The lowest BCUT2D eigenvalue weighted by atomic mass is 9.52. The second-order valence-corrected chi connectivity index (χ2v) is 18.8. The fourth-order valence-electron chi connectivity index (χ4n) is 11.9. The fourth-order valence-corrected chi connectivity index (χ4v) is 11.9. The Hall–Kier alpha value is -3.65. The molecular formula is C45H55N3O9. The van der Waals surface area contributed by atoms with Crippen LogP contribution in [0.3, 0.4) is 0 Å². The number of aliphatic hydroxyl groups excluding tert-OH is 1. The second-order valence-electron chi connectivity index (χ2n) is 18.8. The quantitative estimate of drug-likeness (QED) is 0.251. The van der Waals surface area contributed by atoms with Crippen LogP contribution in [0.15, 0.2) is 54.1 Å². The lowest BCUT2D eigenvalue weighted by Gasteiger charge is -2.53. The maximum Gasteiger partial charge on any atom is 0.327 e. The highest BCUT2D eigenvalue weighted by Gasteiger charge is 2.76. The van der Waals surface area contributed by atoms with Gasteiger partial charge in [0.1, 0.15) is 29.8 Å². The van der Waals surface area contributed by atoms with Crippen LogP contribution >= 0.6 is 0 Å². The van der Waals surface area contributed by atoms with Gasteiger partial charge in [-0.2, -0.15) is 5.06 Å². The highest BCUT2D eigenvalue weighted by Crippen LogP contribution is 2.61. The van der Waals surface area contributed by atoms with E-state index in [0.717, 1.165) is 54.4 Å². The average Bonchev–Trinajstić information content (AvgIpc) is 3.47. The van der Waals surface area contributed by atoms with Gasteiger partial charge in [-0.1, -0.05) is 74.0 Å². The van der Waals surface area contributed by atoms with E-state index in [2.05, 4.69) is 67.8 Å².